The number of likely N-dealkylation sites (tertiary alicyclic amines) is 1. The molecule has 3 aromatic carbocycles. The van der Waals surface area contributed by atoms with Crippen LogP contribution in [0.4, 0.5) is 4.79 Å². The summed E-state index contributed by atoms with van der Waals surface area (Å²) in [7, 11) is 1.63. The summed E-state index contributed by atoms with van der Waals surface area (Å²) in [6, 6.07) is 26.1. The minimum Gasteiger partial charge on any atom is -0.497 e. The Bertz CT molecular complexity index is 1200. The highest BCUT2D eigenvalue weighted by atomic mass is 16.6. The zero-order valence-corrected chi connectivity index (χ0v) is 18.9. The van der Waals surface area contributed by atoms with Gasteiger partial charge < -0.3 is 14.4 Å². The minimum absolute atomic E-state index is 0.0797. The van der Waals surface area contributed by atoms with Crippen LogP contribution in [0.1, 0.15) is 22.7 Å². The van der Waals surface area contributed by atoms with E-state index >= 15 is 0 Å². The van der Waals surface area contributed by atoms with Crippen molar-refractivity contribution in [2.24, 2.45) is 0 Å². The average molecular weight is 455 g/mol. The molecule has 0 spiro atoms. The van der Waals surface area contributed by atoms with Crippen molar-refractivity contribution in [3.63, 3.8) is 0 Å². The Balaban J connectivity index is 1.46. The van der Waals surface area contributed by atoms with Gasteiger partial charge in [-0.05, 0) is 28.8 Å². The van der Waals surface area contributed by atoms with Crippen molar-refractivity contribution in [1.82, 2.24) is 9.80 Å². The van der Waals surface area contributed by atoms with E-state index in [1.807, 2.05) is 102 Å². The molecule has 0 aromatic heterocycles. The van der Waals surface area contributed by atoms with Crippen LogP contribution < -0.4 is 4.74 Å². The number of ether oxygens (including phenoxy) is 2. The van der Waals surface area contributed by atoms with Crippen molar-refractivity contribution in [3.8, 4) is 5.75 Å². The Morgan fingerprint density at radius 1 is 0.971 bits per heavy atom. The largest absolute Gasteiger partial charge is 0.497 e. The number of cyclic esters (lactones) is 1. The Labute approximate surface area is 199 Å². The number of carbonyl (C=O) groups excluding carboxylic acids is 2. The molecule has 3 aromatic rings. The lowest BCUT2D eigenvalue weighted by molar-refractivity contribution is -0.155. The lowest BCUT2D eigenvalue weighted by atomic mass is 9.89. The minimum atomic E-state index is -0.620. The van der Waals surface area contributed by atoms with Gasteiger partial charge in [0.1, 0.15) is 18.4 Å². The number of rotatable bonds is 7. The molecule has 2 fully saturated rings. The van der Waals surface area contributed by atoms with Crippen LogP contribution in [-0.4, -0.2) is 47.6 Å². The molecule has 0 N–H and O–H groups in total. The maximum absolute atomic E-state index is 13.4. The molecule has 2 amide bonds. The number of hydrogen-bond donors (Lipinski definition) is 0. The summed E-state index contributed by atoms with van der Waals surface area (Å²) in [5, 5.41) is 0. The fourth-order valence-corrected chi connectivity index (χ4v) is 4.63. The van der Waals surface area contributed by atoms with E-state index in [4.69, 9.17) is 9.47 Å². The van der Waals surface area contributed by atoms with Crippen molar-refractivity contribution in [2.75, 3.05) is 13.7 Å². The highest BCUT2D eigenvalue weighted by Crippen LogP contribution is 2.38. The second-order valence-corrected chi connectivity index (χ2v) is 8.43. The average Bonchev–Trinajstić information content (AvgIpc) is 3.26. The van der Waals surface area contributed by atoms with Crippen molar-refractivity contribution in [3.05, 3.63) is 108 Å². The van der Waals surface area contributed by atoms with Gasteiger partial charge in [-0.3, -0.25) is 9.69 Å². The second-order valence-electron chi connectivity index (χ2n) is 8.43. The summed E-state index contributed by atoms with van der Waals surface area (Å²) in [4.78, 5) is 29.6. The summed E-state index contributed by atoms with van der Waals surface area (Å²) >= 11 is 0. The van der Waals surface area contributed by atoms with Gasteiger partial charge in [0.2, 0.25) is 5.91 Å². The molecule has 0 saturated carbocycles. The Morgan fingerprint density at radius 2 is 1.71 bits per heavy atom. The van der Waals surface area contributed by atoms with E-state index in [1.54, 1.807) is 12.0 Å². The molecular weight excluding hydrogens is 428 g/mol. The van der Waals surface area contributed by atoms with Crippen LogP contribution in [0.5, 0.6) is 5.75 Å². The van der Waals surface area contributed by atoms with E-state index in [-0.39, 0.29) is 24.6 Å². The van der Waals surface area contributed by atoms with Crippen LogP contribution in [0.15, 0.2) is 91.0 Å². The summed E-state index contributed by atoms with van der Waals surface area (Å²) < 4.78 is 10.7. The molecule has 172 valence electrons. The van der Waals surface area contributed by atoms with E-state index in [2.05, 4.69) is 0 Å². The van der Waals surface area contributed by atoms with Gasteiger partial charge in [-0.25, -0.2) is 4.79 Å². The first-order chi connectivity index (χ1) is 16.7. The third-order valence-corrected chi connectivity index (χ3v) is 6.39. The van der Waals surface area contributed by atoms with Gasteiger partial charge in [0.15, 0.2) is 0 Å². The smallest absolute Gasteiger partial charge is 0.411 e. The van der Waals surface area contributed by atoms with Crippen LogP contribution in [0.3, 0.4) is 0 Å². The fourth-order valence-electron chi connectivity index (χ4n) is 4.63. The predicted octanol–water partition coefficient (Wildman–Crippen LogP) is 4.68. The fraction of sp³-hybridized carbons (Fsp3) is 0.214. The standard InChI is InChI=1S/C28H26N2O4/c1-33-23-14-8-11-20(17-23)15-16-24-26(27(31)29(24)18-21-9-4-2-5-10-21)30-25(19-34-28(30)32)22-12-6-3-7-13-22/h2-17,24-26H,18-19H2,1H3/b16-15+/t24?,25-,26?/m0/s1. The molecule has 6 nitrogen and oxygen atoms in total. The summed E-state index contributed by atoms with van der Waals surface area (Å²) in [6.07, 6.45) is 3.52. The zero-order chi connectivity index (χ0) is 23.5. The molecule has 2 aliphatic rings. The van der Waals surface area contributed by atoms with Gasteiger partial charge >= 0.3 is 6.09 Å². The predicted molar refractivity (Wildman–Crippen MR) is 129 cm³/mol. The van der Waals surface area contributed by atoms with E-state index in [0.717, 1.165) is 22.4 Å². The molecule has 34 heavy (non-hydrogen) atoms. The SMILES string of the molecule is COc1cccc(/C=C/C2C(N3C(=O)OC[C@H]3c3ccccc3)C(=O)N2Cc2ccccc2)c1. The monoisotopic (exact) mass is 454 g/mol. The third-order valence-electron chi connectivity index (χ3n) is 6.39. The quantitative estimate of drug-likeness (QED) is 0.487. The van der Waals surface area contributed by atoms with Crippen LogP contribution in [0.25, 0.3) is 6.08 Å². The number of amides is 2. The molecule has 0 aliphatic carbocycles. The number of carbonyl (C=O) groups is 2. The summed E-state index contributed by atoms with van der Waals surface area (Å²) in [5.41, 5.74) is 2.96. The van der Waals surface area contributed by atoms with Gasteiger partial charge in [0.05, 0.1) is 19.2 Å². The molecule has 3 atom stereocenters. The second kappa shape index (κ2) is 9.43. The zero-order valence-electron chi connectivity index (χ0n) is 18.9. The first-order valence-corrected chi connectivity index (χ1v) is 11.3. The van der Waals surface area contributed by atoms with Crippen molar-refractivity contribution >= 4 is 18.1 Å². The first kappa shape index (κ1) is 21.8. The summed E-state index contributed by atoms with van der Waals surface area (Å²) in [6.45, 7) is 0.708. The molecular formula is C28H26N2O4. The number of β-lactam (4-membered cyclic amide) rings is 1. The van der Waals surface area contributed by atoms with Crippen molar-refractivity contribution in [2.45, 2.75) is 24.7 Å². The Morgan fingerprint density at radius 3 is 2.44 bits per heavy atom. The van der Waals surface area contributed by atoms with Crippen LogP contribution in [-0.2, 0) is 16.1 Å². The van der Waals surface area contributed by atoms with E-state index in [1.165, 1.54) is 0 Å². The Kier molecular flexibility index (Phi) is 6.04. The number of hydrogen-bond acceptors (Lipinski definition) is 4. The summed E-state index contributed by atoms with van der Waals surface area (Å²) in [5.74, 6) is 0.681. The van der Waals surface area contributed by atoms with Gasteiger partial charge in [0, 0.05) is 6.54 Å². The van der Waals surface area contributed by atoms with E-state index < -0.39 is 12.1 Å². The molecule has 2 saturated heterocycles. The van der Waals surface area contributed by atoms with E-state index in [0.29, 0.717) is 6.54 Å². The molecule has 2 unspecified atom stereocenters. The molecule has 5 rings (SSSR count). The molecule has 6 heteroatoms. The van der Waals surface area contributed by atoms with E-state index in [9.17, 15) is 9.59 Å². The van der Waals surface area contributed by atoms with Gasteiger partial charge in [-0.15, -0.1) is 0 Å². The molecule has 2 heterocycles. The number of benzene rings is 3. The first-order valence-electron chi connectivity index (χ1n) is 11.3. The highest BCUT2D eigenvalue weighted by Gasteiger charge is 2.55. The van der Waals surface area contributed by atoms with Crippen LogP contribution in [0, 0.1) is 0 Å². The molecule has 0 bridgehead atoms. The van der Waals surface area contributed by atoms with Gasteiger partial charge in [0.25, 0.3) is 0 Å². The topological polar surface area (TPSA) is 59.1 Å². The molecule has 2 aliphatic heterocycles. The van der Waals surface area contributed by atoms with Gasteiger partial charge in [-0.1, -0.05) is 84.9 Å². The maximum Gasteiger partial charge on any atom is 0.411 e. The lowest BCUT2D eigenvalue weighted by Crippen LogP contribution is -2.69. The van der Waals surface area contributed by atoms with Crippen molar-refractivity contribution < 1.29 is 19.1 Å². The number of nitrogens with zero attached hydrogens (tertiary/aromatic N) is 2. The van der Waals surface area contributed by atoms with Crippen molar-refractivity contribution in [1.29, 1.82) is 0 Å². The van der Waals surface area contributed by atoms with Crippen LogP contribution >= 0.6 is 0 Å². The van der Waals surface area contributed by atoms with Gasteiger partial charge in [-0.2, -0.15) is 0 Å². The normalized spacial score (nSPS) is 22.1. The maximum atomic E-state index is 13.4. The van der Waals surface area contributed by atoms with Crippen LogP contribution in [0.2, 0.25) is 0 Å². The lowest BCUT2D eigenvalue weighted by Gasteiger charge is -2.49. The number of methoxy groups -OCH3 is 1. The Hall–Kier alpha value is -4.06. The molecule has 0 radical (unpaired) electrons. The third kappa shape index (κ3) is 4.15. The highest BCUT2D eigenvalue weighted by molar-refractivity contribution is 5.94.